The van der Waals surface area contributed by atoms with Gasteiger partial charge in [0.2, 0.25) is 0 Å². The molecule has 2 nitrogen and oxygen atoms in total. The SMILES string of the molecule is C[C@@H]1C[C@H](O)C[C@H](c2ccsc2)N1. The Morgan fingerprint density at radius 2 is 2.38 bits per heavy atom. The molecule has 2 heterocycles. The summed E-state index contributed by atoms with van der Waals surface area (Å²) < 4.78 is 0. The van der Waals surface area contributed by atoms with Gasteiger partial charge in [-0.25, -0.2) is 0 Å². The van der Waals surface area contributed by atoms with E-state index in [1.807, 2.05) is 0 Å². The third-order valence-electron chi connectivity index (χ3n) is 2.56. The second-order valence-corrected chi connectivity index (χ2v) is 4.58. The second kappa shape index (κ2) is 3.78. The summed E-state index contributed by atoms with van der Waals surface area (Å²) in [5, 5.41) is 17.3. The van der Waals surface area contributed by atoms with Crippen LogP contribution in [0.4, 0.5) is 0 Å². The van der Waals surface area contributed by atoms with E-state index in [2.05, 4.69) is 29.1 Å². The van der Waals surface area contributed by atoms with Crippen molar-refractivity contribution in [2.75, 3.05) is 0 Å². The summed E-state index contributed by atoms with van der Waals surface area (Å²) in [4.78, 5) is 0. The average molecular weight is 197 g/mol. The fourth-order valence-electron chi connectivity index (χ4n) is 1.96. The van der Waals surface area contributed by atoms with Crippen molar-refractivity contribution in [1.29, 1.82) is 0 Å². The highest BCUT2D eigenvalue weighted by Crippen LogP contribution is 2.26. The maximum Gasteiger partial charge on any atom is 0.0573 e. The minimum atomic E-state index is -0.138. The number of piperidine rings is 1. The van der Waals surface area contributed by atoms with Gasteiger partial charge < -0.3 is 10.4 Å². The lowest BCUT2D eigenvalue weighted by Gasteiger charge is -2.31. The average Bonchev–Trinajstić information content (AvgIpc) is 2.53. The minimum absolute atomic E-state index is 0.138. The van der Waals surface area contributed by atoms with Crippen molar-refractivity contribution in [1.82, 2.24) is 5.32 Å². The number of rotatable bonds is 1. The Kier molecular flexibility index (Phi) is 2.67. The van der Waals surface area contributed by atoms with Crippen molar-refractivity contribution >= 4 is 11.3 Å². The van der Waals surface area contributed by atoms with Gasteiger partial charge in [-0.05, 0) is 42.2 Å². The summed E-state index contributed by atoms with van der Waals surface area (Å²) in [6, 6.07) is 2.91. The van der Waals surface area contributed by atoms with Crippen molar-refractivity contribution < 1.29 is 5.11 Å². The van der Waals surface area contributed by atoms with E-state index in [9.17, 15) is 5.11 Å². The predicted molar refractivity (Wildman–Crippen MR) is 54.9 cm³/mol. The Bertz CT molecular complexity index is 250. The van der Waals surface area contributed by atoms with Gasteiger partial charge >= 0.3 is 0 Å². The molecule has 3 atom stereocenters. The number of nitrogens with one attached hydrogen (secondary N) is 1. The molecule has 1 aromatic rings. The third kappa shape index (κ3) is 2.10. The van der Waals surface area contributed by atoms with Gasteiger partial charge in [0.1, 0.15) is 0 Å². The first-order valence-electron chi connectivity index (χ1n) is 4.72. The topological polar surface area (TPSA) is 32.3 Å². The number of thiophene rings is 1. The molecule has 72 valence electrons. The van der Waals surface area contributed by atoms with Gasteiger partial charge in [0.25, 0.3) is 0 Å². The zero-order chi connectivity index (χ0) is 9.26. The maximum absolute atomic E-state index is 9.61. The minimum Gasteiger partial charge on any atom is -0.393 e. The maximum atomic E-state index is 9.61. The Hall–Kier alpha value is -0.380. The van der Waals surface area contributed by atoms with Crippen molar-refractivity contribution in [3.8, 4) is 0 Å². The highest BCUT2D eigenvalue weighted by Gasteiger charge is 2.25. The van der Waals surface area contributed by atoms with Crippen LogP contribution >= 0.6 is 11.3 Å². The van der Waals surface area contributed by atoms with Gasteiger partial charge in [-0.1, -0.05) is 0 Å². The van der Waals surface area contributed by atoms with Crippen molar-refractivity contribution in [2.24, 2.45) is 0 Å². The lowest BCUT2D eigenvalue weighted by molar-refractivity contribution is 0.0976. The molecule has 1 fully saturated rings. The summed E-state index contributed by atoms with van der Waals surface area (Å²) in [5.41, 5.74) is 1.32. The van der Waals surface area contributed by atoms with E-state index in [0.29, 0.717) is 12.1 Å². The quantitative estimate of drug-likeness (QED) is 0.721. The second-order valence-electron chi connectivity index (χ2n) is 3.80. The molecule has 1 saturated heterocycles. The molecule has 0 aliphatic carbocycles. The van der Waals surface area contributed by atoms with E-state index >= 15 is 0 Å². The third-order valence-corrected chi connectivity index (χ3v) is 3.27. The first-order valence-corrected chi connectivity index (χ1v) is 5.66. The van der Waals surface area contributed by atoms with Gasteiger partial charge in [0.05, 0.1) is 6.10 Å². The van der Waals surface area contributed by atoms with Gasteiger partial charge in [0.15, 0.2) is 0 Å². The van der Waals surface area contributed by atoms with E-state index < -0.39 is 0 Å². The lowest BCUT2D eigenvalue weighted by atomic mass is 9.93. The molecule has 1 aliphatic rings. The van der Waals surface area contributed by atoms with E-state index in [-0.39, 0.29) is 6.10 Å². The zero-order valence-electron chi connectivity index (χ0n) is 7.73. The summed E-state index contributed by atoms with van der Waals surface area (Å²) >= 11 is 1.71. The van der Waals surface area contributed by atoms with Crippen molar-refractivity contribution in [3.63, 3.8) is 0 Å². The van der Waals surface area contributed by atoms with Crippen molar-refractivity contribution in [2.45, 2.75) is 38.0 Å². The van der Waals surface area contributed by atoms with E-state index in [0.717, 1.165) is 12.8 Å². The highest BCUT2D eigenvalue weighted by atomic mass is 32.1. The zero-order valence-corrected chi connectivity index (χ0v) is 8.55. The fraction of sp³-hybridized carbons (Fsp3) is 0.600. The van der Waals surface area contributed by atoms with Crippen LogP contribution in [-0.2, 0) is 0 Å². The van der Waals surface area contributed by atoms with Gasteiger partial charge in [-0.2, -0.15) is 11.3 Å². The van der Waals surface area contributed by atoms with Crippen LogP contribution < -0.4 is 5.32 Å². The molecular formula is C10H15NOS. The Balaban J connectivity index is 2.07. The van der Waals surface area contributed by atoms with Crippen LogP contribution in [0.5, 0.6) is 0 Å². The van der Waals surface area contributed by atoms with Crippen LogP contribution in [0.25, 0.3) is 0 Å². The first kappa shape index (κ1) is 9.19. The van der Waals surface area contributed by atoms with E-state index in [4.69, 9.17) is 0 Å². The Morgan fingerprint density at radius 3 is 3.00 bits per heavy atom. The normalized spacial score (nSPS) is 34.8. The summed E-state index contributed by atoms with van der Waals surface area (Å²) in [5.74, 6) is 0. The Morgan fingerprint density at radius 1 is 1.54 bits per heavy atom. The van der Waals surface area contributed by atoms with Crippen LogP contribution in [0.15, 0.2) is 16.8 Å². The van der Waals surface area contributed by atoms with Crippen LogP contribution in [0.2, 0.25) is 0 Å². The molecule has 3 heteroatoms. The molecule has 0 aromatic carbocycles. The molecule has 1 aliphatic heterocycles. The van der Waals surface area contributed by atoms with E-state index in [1.165, 1.54) is 5.56 Å². The lowest BCUT2D eigenvalue weighted by Crippen LogP contribution is -2.40. The molecule has 0 amide bonds. The first-order chi connectivity index (χ1) is 6.25. The number of aliphatic hydroxyl groups is 1. The molecule has 0 unspecified atom stereocenters. The molecule has 0 radical (unpaired) electrons. The highest BCUT2D eigenvalue weighted by molar-refractivity contribution is 7.07. The molecule has 0 bridgehead atoms. The summed E-state index contributed by atoms with van der Waals surface area (Å²) in [7, 11) is 0. The monoisotopic (exact) mass is 197 g/mol. The largest absolute Gasteiger partial charge is 0.393 e. The van der Waals surface area contributed by atoms with Gasteiger partial charge in [-0.15, -0.1) is 0 Å². The van der Waals surface area contributed by atoms with Crippen molar-refractivity contribution in [3.05, 3.63) is 22.4 Å². The van der Waals surface area contributed by atoms with Gasteiger partial charge in [0, 0.05) is 12.1 Å². The fourth-order valence-corrected chi connectivity index (χ4v) is 2.68. The smallest absolute Gasteiger partial charge is 0.0573 e. The van der Waals surface area contributed by atoms with E-state index in [1.54, 1.807) is 11.3 Å². The Labute approximate surface area is 82.6 Å². The summed E-state index contributed by atoms with van der Waals surface area (Å²) in [6.45, 7) is 2.13. The number of hydrogen-bond acceptors (Lipinski definition) is 3. The molecule has 0 saturated carbocycles. The number of hydrogen-bond donors (Lipinski definition) is 2. The van der Waals surface area contributed by atoms with Crippen LogP contribution in [0, 0.1) is 0 Å². The number of aliphatic hydroxyl groups excluding tert-OH is 1. The predicted octanol–water partition coefficient (Wildman–Crippen LogP) is 1.92. The molecule has 2 N–H and O–H groups in total. The molecule has 1 aromatic heterocycles. The molecular weight excluding hydrogens is 182 g/mol. The van der Waals surface area contributed by atoms with Crippen LogP contribution in [-0.4, -0.2) is 17.3 Å². The molecule has 0 spiro atoms. The van der Waals surface area contributed by atoms with Gasteiger partial charge in [-0.3, -0.25) is 0 Å². The standard InChI is InChI=1S/C10H15NOS/c1-7-4-9(12)5-10(11-7)8-2-3-13-6-8/h2-3,6-7,9-12H,4-5H2,1H3/t7-,9+,10-/m1/s1. The van der Waals surface area contributed by atoms with Crippen LogP contribution in [0.1, 0.15) is 31.4 Å². The van der Waals surface area contributed by atoms with Crippen LogP contribution in [0.3, 0.4) is 0 Å². The molecule has 2 rings (SSSR count). The summed E-state index contributed by atoms with van der Waals surface area (Å²) in [6.07, 6.45) is 1.59. The molecule has 13 heavy (non-hydrogen) atoms.